The highest BCUT2D eigenvalue weighted by Crippen LogP contribution is 2.31. The Hall–Kier alpha value is -2.40. The van der Waals surface area contributed by atoms with Gasteiger partial charge in [0, 0.05) is 16.9 Å². The molecule has 3 N–H and O–H groups in total. The number of anilines is 3. The Kier molecular flexibility index (Phi) is 3.12. The molecule has 2 aromatic carbocycles. The van der Waals surface area contributed by atoms with E-state index in [2.05, 4.69) is 15.5 Å². The SMILES string of the molecule is Nc1ccccc1-c1nnc(Nc2ccccc2)s1. The molecular weight excluding hydrogens is 256 g/mol. The molecule has 94 valence electrons. The van der Waals surface area contributed by atoms with Gasteiger partial charge in [0.1, 0.15) is 0 Å². The normalized spacial score (nSPS) is 10.3. The molecule has 0 unspecified atom stereocenters. The second-order valence-corrected chi connectivity index (χ2v) is 4.97. The lowest BCUT2D eigenvalue weighted by molar-refractivity contribution is 1.10. The number of para-hydroxylation sites is 2. The van der Waals surface area contributed by atoms with Gasteiger partial charge in [-0.25, -0.2) is 0 Å². The van der Waals surface area contributed by atoms with Gasteiger partial charge in [-0.3, -0.25) is 0 Å². The van der Waals surface area contributed by atoms with Crippen molar-refractivity contribution in [1.82, 2.24) is 10.2 Å². The second-order valence-electron chi connectivity index (χ2n) is 3.99. The molecule has 0 aliphatic carbocycles. The van der Waals surface area contributed by atoms with Gasteiger partial charge in [-0.1, -0.05) is 41.7 Å². The lowest BCUT2D eigenvalue weighted by Gasteiger charge is -2.00. The topological polar surface area (TPSA) is 63.8 Å². The van der Waals surface area contributed by atoms with Crippen molar-refractivity contribution in [2.75, 3.05) is 11.1 Å². The molecule has 1 heterocycles. The first kappa shape index (κ1) is 11.7. The molecule has 19 heavy (non-hydrogen) atoms. The monoisotopic (exact) mass is 268 g/mol. The van der Waals surface area contributed by atoms with Crippen LogP contribution in [0.25, 0.3) is 10.6 Å². The largest absolute Gasteiger partial charge is 0.398 e. The lowest BCUT2D eigenvalue weighted by Crippen LogP contribution is -1.88. The zero-order chi connectivity index (χ0) is 13.1. The van der Waals surface area contributed by atoms with Crippen molar-refractivity contribution in [2.24, 2.45) is 0 Å². The Morgan fingerprint density at radius 2 is 1.63 bits per heavy atom. The summed E-state index contributed by atoms with van der Waals surface area (Å²) in [6.45, 7) is 0. The average Bonchev–Trinajstić information content (AvgIpc) is 2.89. The molecule has 0 saturated carbocycles. The first-order chi connectivity index (χ1) is 9.33. The summed E-state index contributed by atoms with van der Waals surface area (Å²) in [5.41, 5.74) is 8.56. The smallest absolute Gasteiger partial charge is 0.210 e. The number of nitrogens with one attached hydrogen (secondary N) is 1. The predicted octanol–water partition coefficient (Wildman–Crippen LogP) is 3.53. The Morgan fingerprint density at radius 1 is 0.895 bits per heavy atom. The number of hydrogen-bond donors (Lipinski definition) is 2. The minimum absolute atomic E-state index is 0.713. The van der Waals surface area contributed by atoms with Gasteiger partial charge < -0.3 is 11.1 Å². The zero-order valence-electron chi connectivity index (χ0n) is 10.1. The highest BCUT2D eigenvalue weighted by atomic mass is 32.1. The van der Waals surface area contributed by atoms with Gasteiger partial charge in [-0.2, -0.15) is 0 Å². The minimum Gasteiger partial charge on any atom is -0.398 e. The molecule has 0 aliphatic heterocycles. The van der Waals surface area contributed by atoms with E-state index in [0.29, 0.717) is 5.69 Å². The predicted molar refractivity (Wildman–Crippen MR) is 79.5 cm³/mol. The number of rotatable bonds is 3. The fourth-order valence-electron chi connectivity index (χ4n) is 1.72. The number of nitrogens with two attached hydrogens (primary N) is 1. The number of benzene rings is 2. The molecule has 0 bridgehead atoms. The molecule has 0 atom stereocenters. The van der Waals surface area contributed by atoms with Crippen molar-refractivity contribution in [3.05, 3.63) is 54.6 Å². The fraction of sp³-hybridized carbons (Fsp3) is 0. The van der Waals surface area contributed by atoms with Crippen LogP contribution < -0.4 is 11.1 Å². The van der Waals surface area contributed by atoms with Crippen LogP contribution in [-0.2, 0) is 0 Å². The quantitative estimate of drug-likeness (QED) is 0.713. The van der Waals surface area contributed by atoms with Gasteiger partial charge in [0.2, 0.25) is 5.13 Å². The summed E-state index contributed by atoms with van der Waals surface area (Å²) < 4.78 is 0. The van der Waals surface area contributed by atoms with Crippen LogP contribution in [0.2, 0.25) is 0 Å². The summed E-state index contributed by atoms with van der Waals surface area (Å²) in [6.07, 6.45) is 0. The summed E-state index contributed by atoms with van der Waals surface area (Å²) in [7, 11) is 0. The van der Waals surface area contributed by atoms with Crippen LogP contribution in [0.1, 0.15) is 0 Å². The van der Waals surface area contributed by atoms with Gasteiger partial charge in [0.05, 0.1) is 0 Å². The van der Waals surface area contributed by atoms with E-state index in [9.17, 15) is 0 Å². The van der Waals surface area contributed by atoms with Crippen LogP contribution in [-0.4, -0.2) is 10.2 Å². The average molecular weight is 268 g/mol. The van der Waals surface area contributed by atoms with Crippen LogP contribution >= 0.6 is 11.3 Å². The minimum atomic E-state index is 0.713. The maximum atomic E-state index is 5.93. The summed E-state index contributed by atoms with van der Waals surface area (Å²) >= 11 is 1.48. The lowest BCUT2D eigenvalue weighted by atomic mass is 10.2. The van der Waals surface area contributed by atoms with E-state index < -0.39 is 0 Å². The summed E-state index contributed by atoms with van der Waals surface area (Å²) in [4.78, 5) is 0. The van der Waals surface area contributed by atoms with Crippen molar-refractivity contribution in [2.45, 2.75) is 0 Å². The summed E-state index contributed by atoms with van der Waals surface area (Å²) in [5, 5.41) is 13.1. The number of nitrogens with zero attached hydrogens (tertiary/aromatic N) is 2. The third kappa shape index (κ3) is 2.56. The van der Waals surface area contributed by atoms with E-state index in [1.165, 1.54) is 11.3 Å². The van der Waals surface area contributed by atoms with E-state index in [0.717, 1.165) is 21.4 Å². The van der Waals surface area contributed by atoms with Crippen LogP contribution in [0.3, 0.4) is 0 Å². The zero-order valence-corrected chi connectivity index (χ0v) is 10.9. The Bertz CT molecular complexity index is 679. The van der Waals surface area contributed by atoms with Gasteiger partial charge in [0.25, 0.3) is 0 Å². The summed E-state index contributed by atoms with van der Waals surface area (Å²) in [6, 6.07) is 17.5. The van der Waals surface area contributed by atoms with E-state index in [1.807, 2.05) is 54.6 Å². The number of hydrogen-bond acceptors (Lipinski definition) is 5. The van der Waals surface area contributed by atoms with Crippen molar-refractivity contribution in [1.29, 1.82) is 0 Å². The summed E-state index contributed by atoms with van der Waals surface area (Å²) in [5.74, 6) is 0. The van der Waals surface area contributed by atoms with Gasteiger partial charge in [-0.05, 0) is 24.3 Å². The van der Waals surface area contributed by atoms with Crippen LogP contribution in [0.4, 0.5) is 16.5 Å². The third-order valence-electron chi connectivity index (χ3n) is 2.64. The van der Waals surface area contributed by atoms with Gasteiger partial charge in [-0.15, -0.1) is 10.2 Å². The molecule has 5 heteroatoms. The Morgan fingerprint density at radius 3 is 2.42 bits per heavy atom. The molecule has 0 aliphatic rings. The number of nitrogen functional groups attached to an aromatic ring is 1. The molecule has 1 aromatic heterocycles. The third-order valence-corrected chi connectivity index (χ3v) is 3.51. The highest BCUT2D eigenvalue weighted by Gasteiger charge is 2.08. The number of aromatic nitrogens is 2. The van der Waals surface area contributed by atoms with Crippen LogP contribution in [0, 0.1) is 0 Å². The molecule has 0 amide bonds. The molecule has 3 aromatic rings. The standard InChI is InChI=1S/C14H12N4S/c15-12-9-5-4-8-11(12)13-17-18-14(19-13)16-10-6-2-1-3-7-10/h1-9H,15H2,(H,16,18). The molecule has 0 spiro atoms. The molecule has 0 radical (unpaired) electrons. The van der Waals surface area contributed by atoms with Crippen molar-refractivity contribution in [3.8, 4) is 10.6 Å². The van der Waals surface area contributed by atoms with E-state index in [-0.39, 0.29) is 0 Å². The molecule has 4 nitrogen and oxygen atoms in total. The van der Waals surface area contributed by atoms with E-state index in [4.69, 9.17) is 5.73 Å². The van der Waals surface area contributed by atoms with Gasteiger partial charge >= 0.3 is 0 Å². The highest BCUT2D eigenvalue weighted by molar-refractivity contribution is 7.18. The van der Waals surface area contributed by atoms with E-state index >= 15 is 0 Å². The van der Waals surface area contributed by atoms with Crippen molar-refractivity contribution in [3.63, 3.8) is 0 Å². The molecular formula is C14H12N4S. The van der Waals surface area contributed by atoms with E-state index in [1.54, 1.807) is 0 Å². The maximum Gasteiger partial charge on any atom is 0.210 e. The maximum absolute atomic E-state index is 5.93. The first-order valence-corrected chi connectivity index (χ1v) is 6.65. The fourth-order valence-corrected chi connectivity index (χ4v) is 2.53. The Balaban J connectivity index is 1.86. The van der Waals surface area contributed by atoms with Crippen LogP contribution in [0.15, 0.2) is 54.6 Å². The first-order valence-electron chi connectivity index (χ1n) is 5.83. The van der Waals surface area contributed by atoms with Crippen LogP contribution in [0.5, 0.6) is 0 Å². The molecule has 3 rings (SSSR count). The van der Waals surface area contributed by atoms with Crippen molar-refractivity contribution >= 4 is 27.8 Å². The van der Waals surface area contributed by atoms with Crippen molar-refractivity contribution < 1.29 is 0 Å². The van der Waals surface area contributed by atoms with Gasteiger partial charge in [0.15, 0.2) is 5.01 Å². The molecule has 0 saturated heterocycles. The second kappa shape index (κ2) is 5.07. The molecule has 0 fully saturated rings. The Labute approximate surface area is 114 Å².